The molecule has 1 aromatic heterocycles. The largest absolute Gasteiger partial charge is 0.391 e. The molecule has 2 rings (SSSR count). The first-order valence-corrected chi connectivity index (χ1v) is 5.02. The summed E-state index contributed by atoms with van der Waals surface area (Å²) in [6.45, 7) is 2.99. The first-order chi connectivity index (χ1) is 7.16. The number of amides is 1. The maximum atomic E-state index is 11.5. The lowest BCUT2D eigenvalue weighted by molar-refractivity contribution is -0.128. The Bertz CT molecular complexity index is 379. The first kappa shape index (κ1) is 10.1. The maximum absolute atomic E-state index is 11.5. The molecule has 1 saturated heterocycles. The third-order valence-electron chi connectivity index (χ3n) is 2.69. The molecule has 0 aliphatic carbocycles. The van der Waals surface area contributed by atoms with Crippen LogP contribution >= 0.6 is 0 Å². The molecule has 1 fully saturated rings. The second-order valence-electron chi connectivity index (χ2n) is 3.93. The molecule has 4 heteroatoms. The summed E-state index contributed by atoms with van der Waals surface area (Å²) in [6, 6.07) is 1.91. The van der Waals surface area contributed by atoms with Crippen molar-refractivity contribution < 1.29 is 9.90 Å². The van der Waals surface area contributed by atoms with Crippen LogP contribution in [-0.4, -0.2) is 33.5 Å². The number of β-amino-alcohol motifs (C(OH)–C–C–N with tert-alkyl or cyclic N) is 1. The Morgan fingerprint density at radius 1 is 1.67 bits per heavy atom. The number of hydrogen-bond donors (Lipinski definition) is 1. The van der Waals surface area contributed by atoms with Crippen LogP contribution in [0.5, 0.6) is 0 Å². The smallest absolute Gasteiger partial charge is 0.225 e. The number of pyridine rings is 1. The molecule has 1 atom stereocenters. The van der Waals surface area contributed by atoms with Crippen molar-refractivity contribution in [3.8, 4) is 0 Å². The molecule has 0 aromatic carbocycles. The fourth-order valence-corrected chi connectivity index (χ4v) is 1.79. The van der Waals surface area contributed by atoms with Gasteiger partial charge in [-0.2, -0.15) is 0 Å². The van der Waals surface area contributed by atoms with E-state index in [1.807, 2.05) is 13.0 Å². The van der Waals surface area contributed by atoms with Crippen molar-refractivity contribution in [3.05, 3.63) is 29.6 Å². The van der Waals surface area contributed by atoms with Gasteiger partial charge in [0.1, 0.15) is 0 Å². The molecule has 2 heterocycles. The number of aliphatic hydroxyl groups is 1. The van der Waals surface area contributed by atoms with Crippen molar-refractivity contribution in [1.29, 1.82) is 0 Å². The maximum Gasteiger partial charge on any atom is 0.225 e. The van der Waals surface area contributed by atoms with Crippen LogP contribution in [0.15, 0.2) is 18.5 Å². The summed E-state index contributed by atoms with van der Waals surface area (Å²) in [4.78, 5) is 17.1. The highest BCUT2D eigenvalue weighted by Gasteiger charge is 2.27. The summed E-state index contributed by atoms with van der Waals surface area (Å²) in [5.74, 6) is 0.0266. The van der Waals surface area contributed by atoms with Gasteiger partial charge in [-0.05, 0) is 24.1 Å². The first-order valence-electron chi connectivity index (χ1n) is 5.02. The van der Waals surface area contributed by atoms with Gasteiger partial charge in [-0.1, -0.05) is 0 Å². The van der Waals surface area contributed by atoms with Crippen LogP contribution in [0.4, 0.5) is 0 Å². The fraction of sp³-hybridized carbons (Fsp3) is 0.455. The number of aromatic nitrogens is 1. The van der Waals surface area contributed by atoms with Gasteiger partial charge in [-0.15, -0.1) is 0 Å². The third kappa shape index (κ3) is 2.15. The number of carbonyl (C=O) groups excluding carboxylic acids is 1. The van der Waals surface area contributed by atoms with Gasteiger partial charge in [-0.25, -0.2) is 0 Å². The molecule has 1 aliphatic heterocycles. The highest BCUT2D eigenvalue weighted by Crippen LogP contribution is 2.16. The SMILES string of the molecule is Cc1cnccc1CN1CC(O)CC1=O. The molecule has 1 aliphatic rings. The van der Waals surface area contributed by atoms with Crippen molar-refractivity contribution in [3.63, 3.8) is 0 Å². The molecule has 1 aromatic rings. The summed E-state index contributed by atoms with van der Waals surface area (Å²) in [7, 11) is 0. The van der Waals surface area contributed by atoms with Crippen molar-refractivity contribution in [2.24, 2.45) is 0 Å². The van der Waals surface area contributed by atoms with Crippen LogP contribution in [0.2, 0.25) is 0 Å². The Morgan fingerprint density at radius 2 is 2.47 bits per heavy atom. The Labute approximate surface area is 88.6 Å². The molecule has 0 spiro atoms. The predicted octanol–water partition coefficient (Wildman–Crippen LogP) is 0.483. The Balaban J connectivity index is 2.09. The molecule has 80 valence electrons. The Morgan fingerprint density at radius 3 is 3.07 bits per heavy atom. The zero-order valence-corrected chi connectivity index (χ0v) is 8.68. The zero-order chi connectivity index (χ0) is 10.8. The van der Waals surface area contributed by atoms with Gasteiger partial charge < -0.3 is 10.0 Å². The average Bonchev–Trinajstić information content (AvgIpc) is 2.49. The monoisotopic (exact) mass is 206 g/mol. The van der Waals surface area contributed by atoms with Gasteiger partial charge in [0, 0.05) is 25.5 Å². The summed E-state index contributed by atoms with van der Waals surface area (Å²) in [5, 5.41) is 9.34. The summed E-state index contributed by atoms with van der Waals surface area (Å²) in [6.07, 6.45) is 3.26. The Hall–Kier alpha value is -1.42. The molecule has 4 nitrogen and oxygen atoms in total. The van der Waals surface area contributed by atoms with Crippen LogP contribution < -0.4 is 0 Å². The molecular weight excluding hydrogens is 192 g/mol. The predicted molar refractivity (Wildman–Crippen MR) is 55.0 cm³/mol. The minimum Gasteiger partial charge on any atom is -0.391 e. The third-order valence-corrected chi connectivity index (χ3v) is 2.69. The van der Waals surface area contributed by atoms with Crippen molar-refractivity contribution >= 4 is 5.91 Å². The van der Waals surface area contributed by atoms with E-state index in [1.54, 1.807) is 17.3 Å². The van der Waals surface area contributed by atoms with Gasteiger partial charge in [0.25, 0.3) is 0 Å². The van der Waals surface area contributed by atoms with E-state index in [9.17, 15) is 9.90 Å². The second-order valence-corrected chi connectivity index (χ2v) is 3.93. The number of carbonyl (C=O) groups is 1. The summed E-state index contributed by atoms with van der Waals surface area (Å²) in [5.41, 5.74) is 2.17. The van der Waals surface area contributed by atoms with E-state index in [0.29, 0.717) is 13.1 Å². The lowest BCUT2D eigenvalue weighted by Gasteiger charge is -2.16. The quantitative estimate of drug-likeness (QED) is 0.766. The van der Waals surface area contributed by atoms with E-state index in [2.05, 4.69) is 4.98 Å². The highest BCUT2D eigenvalue weighted by molar-refractivity contribution is 5.79. The lowest BCUT2D eigenvalue weighted by atomic mass is 10.1. The van der Waals surface area contributed by atoms with Crippen LogP contribution in [0, 0.1) is 6.92 Å². The van der Waals surface area contributed by atoms with Gasteiger partial charge in [0.2, 0.25) is 5.91 Å². The number of rotatable bonds is 2. The van der Waals surface area contributed by atoms with E-state index in [1.165, 1.54) is 0 Å². The number of nitrogens with zero attached hydrogens (tertiary/aromatic N) is 2. The fourth-order valence-electron chi connectivity index (χ4n) is 1.79. The minimum absolute atomic E-state index is 0.0266. The topological polar surface area (TPSA) is 53.4 Å². The second kappa shape index (κ2) is 3.98. The van der Waals surface area contributed by atoms with Gasteiger partial charge in [0.05, 0.1) is 12.5 Å². The number of aliphatic hydroxyl groups excluding tert-OH is 1. The molecule has 1 amide bonds. The molecule has 1 N–H and O–H groups in total. The van der Waals surface area contributed by atoms with Crippen LogP contribution in [0.25, 0.3) is 0 Å². The Kier molecular flexibility index (Phi) is 2.68. The normalized spacial score (nSPS) is 21.1. The minimum atomic E-state index is -0.500. The van der Waals surface area contributed by atoms with E-state index >= 15 is 0 Å². The molecule has 15 heavy (non-hydrogen) atoms. The van der Waals surface area contributed by atoms with Crippen LogP contribution in [0.3, 0.4) is 0 Å². The highest BCUT2D eigenvalue weighted by atomic mass is 16.3. The van der Waals surface area contributed by atoms with Gasteiger partial charge >= 0.3 is 0 Å². The van der Waals surface area contributed by atoms with Gasteiger partial charge in [0.15, 0.2) is 0 Å². The van der Waals surface area contributed by atoms with Crippen LogP contribution in [-0.2, 0) is 11.3 Å². The number of aryl methyl sites for hydroxylation is 1. The molecule has 1 unspecified atom stereocenters. The standard InChI is InChI=1S/C11H14N2O2/c1-8-5-12-3-2-9(8)6-13-7-10(14)4-11(13)15/h2-3,5,10,14H,4,6-7H2,1H3. The molecular formula is C11H14N2O2. The van der Waals surface area contributed by atoms with Crippen LogP contribution in [0.1, 0.15) is 17.5 Å². The average molecular weight is 206 g/mol. The van der Waals surface area contributed by atoms with E-state index in [0.717, 1.165) is 11.1 Å². The molecule has 0 bridgehead atoms. The van der Waals surface area contributed by atoms with Gasteiger partial charge in [-0.3, -0.25) is 9.78 Å². The lowest BCUT2D eigenvalue weighted by Crippen LogP contribution is -2.25. The van der Waals surface area contributed by atoms with Crippen molar-refractivity contribution in [1.82, 2.24) is 9.88 Å². The van der Waals surface area contributed by atoms with Crippen molar-refractivity contribution in [2.75, 3.05) is 6.54 Å². The molecule has 0 saturated carbocycles. The van der Waals surface area contributed by atoms with E-state index < -0.39 is 6.10 Å². The van der Waals surface area contributed by atoms with Crippen molar-refractivity contribution in [2.45, 2.75) is 26.0 Å². The number of likely N-dealkylation sites (tertiary alicyclic amines) is 1. The van der Waals surface area contributed by atoms with E-state index in [-0.39, 0.29) is 12.3 Å². The number of hydrogen-bond acceptors (Lipinski definition) is 3. The summed E-state index contributed by atoms with van der Waals surface area (Å²) >= 11 is 0. The summed E-state index contributed by atoms with van der Waals surface area (Å²) < 4.78 is 0. The zero-order valence-electron chi connectivity index (χ0n) is 8.68. The van der Waals surface area contributed by atoms with E-state index in [4.69, 9.17) is 0 Å². The molecule has 0 radical (unpaired) electrons.